The van der Waals surface area contributed by atoms with Gasteiger partial charge in [-0.1, -0.05) is 12.1 Å². The van der Waals surface area contributed by atoms with Crippen LogP contribution in [-0.4, -0.2) is 33.6 Å². The molecular formula is C15H23N3O. The molecule has 0 saturated heterocycles. The summed E-state index contributed by atoms with van der Waals surface area (Å²) in [5.74, 6) is 0.209. The number of carbonyl (C=O) groups is 1. The molecule has 1 atom stereocenters. The van der Waals surface area contributed by atoms with E-state index in [9.17, 15) is 4.79 Å². The van der Waals surface area contributed by atoms with Gasteiger partial charge in [-0.2, -0.15) is 0 Å². The lowest BCUT2D eigenvalue weighted by atomic mass is 9.95. The highest BCUT2D eigenvalue weighted by Crippen LogP contribution is 2.29. The van der Waals surface area contributed by atoms with Crippen molar-refractivity contribution in [3.63, 3.8) is 0 Å². The van der Waals surface area contributed by atoms with E-state index in [1.807, 2.05) is 21.1 Å². The lowest BCUT2D eigenvalue weighted by Crippen LogP contribution is -2.31. The molecule has 4 nitrogen and oxygen atoms in total. The van der Waals surface area contributed by atoms with Gasteiger partial charge in [-0.15, -0.1) is 0 Å². The second-order valence-electron chi connectivity index (χ2n) is 5.07. The molecule has 0 aliphatic carbocycles. The average Bonchev–Trinajstić information content (AvgIpc) is 2.44. The van der Waals surface area contributed by atoms with Crippen molar-refractivity contribution in [2.45, 2.75) is 25.3 Å². The molecule has 0 spiro atoms. The third-order valence-electron chi connectivity index (χ3n) is 3.88. The third kappa shape index (κ3) is 2.96. The number of hydrogen-bond acceptors (Lipinski definition) is 3. The second kappa shape index (κ2) is 6.17. The standard InChI is InChI=1S/C15H23N3O/c1-16-9-8-13(17-2)11-4-6-14-12(10-11)5-7-15(19)18(14)3/h4,6,10,13,16-17H,5,7-9H2,1-3H3. The van der Waals surface area contributed by atoms with E-state index < -0.39 is 0 Å². The van der Waals surface area contributed by atoms with E-state index in [0.717, 1.165) is 25.1 Å². The minimum Gasteiger partial charge on any atom is -0.320 e. The Morgan fingerprint density at radius 3 is 2.79 bits per heavy atom. The molecule has 0 bridgehead atoms. The van der Waals surface area contributed by atoms with Crippen LogP contribution in [0.3, 0.4) is 0 Å². The summed E-state index contributed by atoms with van der Waals surface area (Å²) in [6.45, 7) is 0.987. The van der Waals surface area contributed by atoms with Gasteiger partial charge in [-0.25, -0.2) is 0 Å². The zero-order chi connectivity index (χ0) is 13.8. The van der Waals surface area contributed by atoms with Gasteiger partial charge < -0.3 is 15.5 Å². The fourth-order valence-corrected chi connectivity index (χ4v) is 2.66. The van der Waals surface area contributed by atoms with Crippen LogP contribution < -0.4 is 15.5 Å². The van der Waals surface area contributed by atoms with Crippen LogP contribution in [0.5, 0.6) is 0 Å². The van der Waals surface area contributed by atoms with Gasteiger partial charge in [0, 0.05) is 25.2 Å². The first-order valence-electron chi connectivity index (χ1n) is 6.88. The fraction of sp³-hybridized carbons (Fsp3) is 0.533. The number of carbonyl (C=O) groups excluding carboxylic acids is 1. The molecule has 4 heteroatoms. The Hall–Kier alpha value is -1.39. The van der Waals surface area contributed by atoms with E-state index >= 15 is 0 Å². The number of anilines is 1. The zero-order valence-electron chi connectivity index (χ0n) is 12.0. The van der Waals surface area contributed by atoms with Crippen molar-refractivity contribution in [2.75, 3.05) is 32.6 Å². The molecule has 1 heterocycles. The quantitative estimate of drug-likeness (QED) is 0.843. The molecule has 1 aliphatic rings. The molecular weight excluding hydrogens is 238 g/mol. The minimum absolute atomic E-state index is 0.209. The van der Waals surface area contributed by atoms with Gasteiger partial charge in [0.05, 0.1) is 0 Å². The molecule has 19 heavy (non-hydrogen) atoms. The summed E-state index contributed by atoms with van der Waals surface area (Å²) < 4.78 is 0. The Morgan fingerprint density at radius 2 is 2.11 bits per heavy atom. The number of rotatable bonds is 5. The van der Waals surface area contributed by atoms with E-state index in [1.165, 1.54) is 11.1 Å². The molecule has 0 saturated carbocycles. The predicted molar refractivity (Wildman–Crippen MR) is 78.5 cm³/mol. The summed E-state index contributed by atoms with van der Waals surface area (Å²) in [4.78, 5) is 13.4. The van der Waals surface area contributed by atoms with Crippen molar-refractivity contribution in [2.24, 2.45) is 0 Å². The van der Waals surface area contributed by atoms with Gasteiger partial charge in [0.15, 0.2) is 0 Å². The van der Waals surface area contributed by atoms with Crippen LogP contribution in [0.2, 0.25) is 0 Å². The van der Waals surface area contributed by atoms with Crippen LogP contribution in [0.15, 0.2) is 18.2 Å². The summed E-state index contributed by atoms with van der Waals surface area (Å²) in [5.41, 5.74) is 3.65. The molecule has 1 aliphatic heterocycles. The van der Waals surface area contributed by atoms with E-state index in [1.54, 1.807) is 4.90 Å². The Balaban J connectivity index is 2.23. The lowest BCUT2D eigenvalue weighted by Gasteiger charge is -2.27. The van der Waals surface area contributed by atoms with Crippen molar-refractivity contribution >= 4 is 11.6 Å². The average molecular weight is 261 g/mol. The Morgan fingerprint density at radius 1 is 1.32 bits per heavy atom. The molecule has 0 fully saturated rings. The number of aryl methyl sites for hydroxylation is 1. The van der Waals surface area contributed by atoms with Gasteiger partial charge >= 0.3 is 0 Å². The molecule has 0 radical (unpaired) electrons. The predicted octanol–water partition coefficient (Wildman–Crippen LogP) is 1.47. The second-order valence-corrected chi connectivity index (χ2v) is 5.07. The first kappa shape index (κ1) is 14.0. The SMILES string of the molecule is CNCCC(NC)c1ccc2c(c1)CCC(=O)N2C. The zero-order valence-corrected chi connectivity index (χ0v) is 12.0. The molecule has 1 amide bonds. The van der Waals surface area contributed by atoms with E-state index in [-0.39, 0.29) is 5.91 Å². The summed E-state index contributed by atoms with van der Waals surface area (Å²) in [5, 5.41) is 6.54. The van der Waals surface area contributed by atoms with Gasteiger partial charge in [-0.3, -0.25) is 4.79 Å². The lowest BCUT2D eigenvalue weighted by molar-refractivity contribution is -0.118. The van der Waals surface area contributed by atoms with Crippen molar-refractivity contribution in [1.29, 1.82) is 0 Å². The van der Waals surface area contributed by atoms with Crippen molar-refractivity contribution in [3.8, 4) is 0 Å². The molecule has 1 aromatic rings. The number of benzene rings is 1. The smallest absolute Gasteiger partial charge is 0.227 e. The van der Waals surface area contributed by atoms with Gasteiger partial charge in [0.25, 0.3) is 0 Å². The largest absolute Gasteiger partial charge is 0.320 e. The highest BCUT2D eigenvalue weighted by molar-refractivity contribution is 5.95. The molecule has 1 unspecified atom stereocenters. The van der Waals surface area contributed by atoms with Crippen LogP contribution in [-0.2, 0) is 11.2 Å². The van der Waals surface area contributed by atoms with Crippen LogP contribution >= 0.6 is 0 Å². The number of amides is 1. The summed E-state index contributed by atoms with van der Waals surface area (Å²) in [6, 6.07) is 6.81. The number of fused-ring (bicyclic) bond motifs is 1. The maximum atomic E-state index is 11.7. The molecule has 2 rings (SSSR count). The van der Waals surface area contributed by atoms with Crippen LogP contribution in [0.4, 0.5) is 5.69 Å². The monoisotopic (exact) mass is 261 g/mol. The summed E-state index contributed by atoms with van der Waals surface area (Å²) in [6.07, 6.45) is 2.53. The Kier molecular flexibility index (Phi) is 4.56. The fourth-order valence-electron chi connectivity index (χ4n) is 2.66. The van der Waals surface area contributed by atoms with Crippen molar-refractivity contribution in [3.05, 3.63) is 29.3 Å². The Labute approximate surface area is 115 Å². The molecule has 0 aromatic heterocycles. The minimum atomic E-state index is 0.209. The van der Waals surface area contributed by atoms with E-state index in [2.05, 4.69) is 28.8 Å². The topological polar surface area (TPSA) is 44.4 Å². The highest BCUT2D eigenvalue weighted by atomic mass is 16.2. The number of nitrogens with one attached hydrogen (secondary N) is 2. The third-order valence-corrected chi connectivity index (χ3v) is 3.88. The first-order chi connectivity index (χ1) is 9.17. The van der Waals surface area contributed by atoms with Crippen LogP contribution in [0, 0.1) is 0 Å². The van der Waals surface area contributed by atoms with Crippen molar-refractivity contribution in [1.82, 2.24) is 10.6 Å². The van der Waals surface area contributed by atoms with Gasteiger partial charge in [0.2, 0.25) is 5.91 Å². The molecule has 2 N–H and O–H groups in total. The normalized spacial score (nSPS) is 16.4. The highest BCUT2D eigenvalue weighted by Gasteiger charge is 2.21. The van der Waals surface area contributed by atoms with Crippen molar-refractivity contribution < 1.29 is 4.79 Å². The van der Waals surface area contributed by atoms with Gasteiger partial charge in [0.1, 0.15) is 0 Å². The van der Waals surface area contributed by atoms with Gasteiger partial charge in [-0.05, 0) is 50.7 Å². The number of hydrogen-bond donors (Lipinski definition) is 2. The van der Waals surface area contributed by atoms with E-state index in [0.29, 0.717) is 12.5 Å². The maximum Gasteiger partial charge on any atom is 0.227 e. The summed E-state index contributed by atoms with van der Waals surface area (Å²) >= 11 is 0. The summed E-state index contributed by atoms with van der Waals surface area (Å²) in [7, 11) is 5.83. The maximum absolute atomic E-state index is 11.7. The van der Waals surface area contributed by atoms with E-state index in [4.69, 9.17) is 0 Å². The first-order valence-corrected chi connectivity index (χ1v) is 6.88. The molecule has 1 aromatic carbocycles. The van der Waals surface area contributed by atoms with Crippen LogP contribution in [0.1, 0.15) is 30.0 Å². The molecule has 104 valence electrons. The van der Waals surface area contributed by atoms with Crippen LogP contribution in [0.25, 0.3) is 0 Å². The Bertz CT molecular complexity index is 459. The number of nitrogens with zero attached hydrogens (tertiary/aromatic N) is 1.